The van der Waals surface area contributed by atoms with E-state index in [-0.39, 0.29) is 17.2 Å². The monoisotopic (exact) mass is 440 g/mol. The number of aryl methyl sites for hydroxylation is 1. The number of amides is 1. The van der Waals surface area contributed by atoms with Crippen LogP contribution in [0.2, 0.25) is 0 Å². The normalized spacial score (nSPS) is 14.8. The van der Waals surface area contributed by atoms with Crippen molar-refractivity contribution in [1.82, 2.24) is 14.5 Å². The molecule has 0 aliphatic carbocycles. The molecule has 0 N–H and O–H groups in total. The number of benzene rings is 2. The summed E-state index contributed by atoms with van der Waals surface area (Å²) in [6.45, 7) is 1.60. The zero-order valence-corrected chi connectivity index (χ0v) is 17.4. The summed E-state index contributed by atoms with van der Waals surface area (Å²) in [5.74, 6) is -1.93. The van der Waals surface area contributed by atoms with Gasteiger partial charge < -0.3 is 19.1 Å². The maximum absolute atomic E-state index is 13.7. The first-order chi connectivity index (χ1) is 15.4. The first-order valence-corrected chi connectivity index (χ1v) is 10.2. The highest BCUT2D eigenvalue weighted by Crippen LogP contribution is 2.26. The highest BCUT2D eigenvalue weighted by atomic mass is 19.2. The van der Waals surface area contributed by atoms with Crippen molar-refractivity contribution in [1.29, 1.82) is 0 Å². The lowest BCUT2D eigenvalue weighted by Crippen LogP contribution is -2.52. The van der Waals surface area contributed by atoms with Crippen LogP contribution in [0.4, 0.5) is 14.6 Å². The topological polar surface area (TPSA) is 67.7 Å². The van der Waals surface area contributed by atoms with Gasteiger partial charge in [-0.2, -0.15) is 0 Å². The third kappa shape index (κ3) is 4.46. The van der Waals surface area contributed by atoms with E-state index in [0.29, 0.717) is 37.6 Å². The lowest BCUT2D eigenvalue weighted by Gasteiger charge is -2.36. The van der Waals surface area contributed by atoms with E-state index in [1.165, 1.54) is 10.6 Å². The molecule has 0 saturated carbocycles. The Morgan fingerprint density at radius 1 is 1.03 bits per heavy atom. The minimum atomic E-state index is -1.05. The van der Waals surface area contributed by atoms with Gasteiger partial charge in [0, 0.05) is 57.3 Å². The minimum Gasteiger partial charge on any atom is -0.476 e. The number of carbonyl (C=O) groups excluding carboxylic acids is 1. The number of halogens is 2. The summed E-state index contributed by atoms with van der Waals surface area (Å²) in [5, 5.41) is 0. The fraction of sp³-hybridized carbons (Fsp3) is 0.261. The Hall–Kier alpha value is -3.75. The maximum atomic E-state index is 13.7. The van der Waals surface area contributed by atoms with Gasteiger partial charge in [0.15, 0.2) is 17.5 Å². The number of carbonyl (C=O) groups is 1. The lowest BCUT2D eigenvalue weighted by molar-refractivity contribution is -0.139. The second kappa shape index (κ2) is 9.17. The third-order valence-electron chi connectivity index (χ3n) is 5.36. The second-order valence-corrected chi connectivity index (χ2v) is 7.46. The molecule has 4 rings (SSSR count). The number of ether oxygens (including phenoxy) is 1. The molecule has 0 bridgehead atoms. The van der Waals surface area contributed by atoms with Crippen LogP contribution >= 0.6 is 0 Å². The Bertz CT molecular complexity index is 1160. The van der Waals surface area contributed by atoms with Crippen LogP contribution in [-0.4, -0.2) is 46.5 Å². The van der Waals surface area contributed by atoms with Gasteiger partial charge in [0.2, 0.25) is 6.10 Å². The average Bonchev–Trinajstić information content (AvgIpc) is 2.82. The van der Waals surface area contributed by atoms with Gasteiger partial charge in [-0.25, -0.2) is 13.8 Å². The largest absolute Gasteiger partial charge is 0.476 e. The van der Waals surface area contributed by atoms with E-state index < -0.39 is 17.7 Å². The molecule has 1 aliphatic rings. The summed E-state index contributed by atoms with van der Waals surface area (Å²) in [4.78, 5) is 33.4. The van der Waals surface area contributed by atoms with E-state index in [1.54, 1.807) is 48.6 Å². The van der Waals surface area contributed by atoms with E-state index in [1.807, 2.05) is 11.0 Å². The van der Waals surface area contributed by atoms with Gasteiger partial charge in [-0.1, -0.05) is 30.3 Å². The van der Waals surface area contributed by atoms with E-state index in [9.17, 15) is 18.4 Å². The summed E-state index contributed by atoms with van der Waals surface area (Å²) in [7, 11) is 1.66. The summed E-state index contributed by atoms with van der Waals surface area (Å²) in [5.41, 5.74) is 0.402. The molecule has 2 aromatic carbocycles. The third-order valence-corrected chi connectivity index (χ3v) is 5.36. The van der Waals surface area contributed by atoms with Crippen molar-refractivity contribution >= 4 is 11.7 Å². The number of nitrogens with zero attached hydrogens (tertiary/aromatic N) is 4. The Balaban J connectivity index is 1.52. The summed E-state index contributed by atoms with van der Waals surface area (Å²) >= 11 is 0. The van der Waals surface area contributed by atoms with Crippen molar-refractivity contribution in [2.45, 2.75) is 6.10 Å². The highest BCUT2D eigenvalue weighted by molar-refractivity contribution is 5.83. The minimum absolute atomic E-state index is 0.0571. The van der Waals surface area contributed by atoms with Crippen LogP contribution in [0.25, 0.3) is 0 Å². The first kappa shape index (κ1) is 21.5. The lowest BCUT2D eigenvalue weighted by atomic mass is 10.1. The number of rotatable bonds is 5. The molecule has 3 aromatic rings. The van der Waals surface area contributed by atoms with Gasteiger partial charge in [-0.3, -0.25) is 9.59 Å². The highest BCUT2D eigenvalue weighted by Gasteiger charge is 2.31. The fourth-order valence-corrected chi connectivity index (χ4v) is 3.58. The van der Waals surface area contributed by atoms with Crippen LogP contribution in [0.3, 0.4) is 0 Å². The van der Waals surface area contributed by atoms with Crippen LogP contribution in [0.1, 0.15) is 11.7 Å². The molecule has 1 unspecified atom stereocenters. The predicted molar refractivity (Wildman–Crippen MR) is 114 cm³/mol. The molecule has 7 nitrogen and oxygen atoms in total. The predicted octanol–water partition coefficient (Wildman–Crippen LogP) is 2.53. The van der Waals surface area contributed by atoms with Crippen molar-refractivity contribution in [3.05, 3.63) is 88.5 Å². The van der Waals surface area contributed by atoms with Crippen molar-refractivity contribution in [2.75, 3.05) is 31.1 Å². The van der Waals surface area contributed by atoms with Gasteiger partial charge in [0.1, 0.15) is 5.75 Å². The van der Waals surface area contributed by atoms with Crippen molar-refractivity contribution in [3.63, 3.8) is 0 Å². The SMILES string of the molecule is Cn1ccnc(N2CCN(C(=O)C(Oc3ccc(F)c(F)c3)c3ccccc3)CC2)c1=O. The molecule has 1 aliphatic heterocycles. The quantitative estimate of drug-likeness (QED) is 0.610. The second-order valence-electron chi connectivity index (χ2n) is 7.46. The van der Waals surface area contributed by atoms with Crippen molar-refractivity contribution in [2.24, 2.45) is 7.05 Å². The molecule has 166 valence electrons. The Labute approximate surface area is 183 Å². The molecule has 1 amide bonds. The van der Waals surface area contributed by atoms with Crippen LogP contribution in [0.15, 0.2) is 65.7 Å². The van der Waals surface area contributed by atoms with Crippen LogP contribution < -0.4 is 15.2 Å². The van der Waals surface area contributed by atoms with Gasteiger partial charge in [0.05, 0.1) is 0 Å². The number of hydrogen-bond acceptors (Lipinski definition) is 5. The molecule has 1 fully saturated rings. The van der Waals surface area contributed by atoms with Gasteiger partial charge in [0.25, 0.3) is 11.5 Å². The van der Waals surface area contributed by atoms with Crippen LogP contribution in [-0.2, 0) is 11.8 Å². The van der Waals surface area contributed by atoms with Gasteiger partial charge in [-0.05, 0) is 12.1 Å². The van der Waals surface area contributed by atoms with Crippen molar-refractivity contribution in [3.8, 4) is 5.75 Å². The summed E-state index contributed by atoms with van der Waals surface area (Å²) < 4.78 is 34.2. The summed E-state index contributed by atoms with van der Waals surface area (Å²) in [6, 6.07) is 12.0. The van der Waals surface area contributed by atoms with E-state index in [4.69, 9.17) is 4.74 Å². The zero-order valence-electron chi connectivity index (χ0n) is 17.4. The van der Waals surface area contributed by atoms with E-state index in [0.717, 1.165) is 12.1 Å². The fourth-order valence-electron chi connectivity index (χ4n) is 3.58. The molecule has 1 atom stereocenters. The van der Waals surface area contributed by atoms with Crippen molar-refractivity contribution < 1.29 is 18.3 Å². The average molecular weight is 440 g/mol. The Morgan fingerprint density at radius 2 is 1.75 bits per heavy atom. The van der Waals surface area contributed by atoms with E-state index >= 15 is 0 Å². The molecule has 1 saturated heterocycles. The molecule has 9 heteroatoms. The molecule has 1 aromatic heterocycles. The molecule has 32 heavy (non-hydrogen) atoms. The Kier molecular flexibility index (Phi) is 6.16. The number of anilines is 1. The first-order valence-electron chi connectivity index (χ1n) is 10.2. The maximum Gasteiger partial charge on any atom is 0.293 e. The number of piperazine rings is 1. The molecular weight excluding hydrogens is 418 g/mol. The summed E-state index contributed by atoms with van der Waals surface area (Å²) in [6.07, 6.45) is 2.14. The zero-order chi connectivity index (χ0) is 22.7. The van der Waals surface area contributed by atoms with Gasteiger partial charge >= 0.3 is 0 Å². The van der Waals surface area contributed by atoms with Crippen LogP contribution in [0, 0.1) is 11.6 Å². The molecule has 0 radical (unpaired) electrons. The molecule has 2 heterocycles. The van der Waals surface area contributed by atoms with E-state index in [2.05, 4.69) is 4.98 Å². The van der Waals surface area contributed by atoms with Gasteiger partial charge in [-0.15, -0.1) is 0 Å². The van der Waals surface area contributed by atoms with Crippen LogP contribution in [0.5, 0.6) is 5.75 Å². The smallest absolute Gasteiger partial charge is 0.293 e. The molecule has 0 spiro atoms. The standard InChI is InChI=1S/C23H22F2N4O3/c1-27-10-9-26-21(23(27)31)28-11-13-29(14-12-28)22(30)20(16-5-3-2-4-6-16)32-17-7-8-18(24)19(25)15-17/h2-10,15,20H,11-14H2,1H3. The Morgan fingerprint density at radius 3 is 2.44 bits per heavy atom. The number of hydrogen-bond donors (Lipinski definition) is 0. The number of aromatic nitrogens is 2. The molecular formula is C23H22F2N4O3.